The van der Waals surface area contributed by atoms with Crippen LogP contribution in [0.3, 0.4) is 0 Å². The molecule has 5 atom stereocenters. The van der Waals surface area contributed by atoms with E-state index in [0.717, 1.165) is 0 Å². The molecule has 0 aromatic rings. The summed E-state index contributed by atoms with van der Waals surface area (Å²) < 4.78 is 24.0. The zero-order chi connectivity index (χ0) is 13.5. The molecule has 2 aliphatic rings. The van der Waals surface area contributed by atoms with Crippen molar-refractivity contribution in [2.24, 2.45) is 0 Å². The molecular weight excluding hydrogens is 232 g/mol. The lowest BCUT2D eigenvalue weighted by molar-refractivity contribution is -0.204. The maximum atomic E-state index is 6.15. The minimum atomic E-state index is -0.446. The molecule has 2 fully saturated rings. The predicted octanol–water partition coefficient (Wildman–Crippen LogP) is 2.15. The molecule has 2 saturated heterocycles. The van der Waals surface area contributed by atoms with Gasteiger partial charge in [0.2, 0.25) is 0 Å². The van der Waals surface area contributed by atoms with Crippen molar-refractivity contribution in [3.8, 4) is 0 Å². The largest absolute Gasteiger partial charge is 0.376 e. The van der Waals surface area contributed by atoms with Crippen LogP contribution in [0.25, 0.3) is 0 Å². The second kappa shape index (κ2) is 5.08. The third kappa shape index (κ3) is 2.31. The molecule has 0 N–H and O–H groups in total. The van der Waals surface area contributed by atoms with Crippen LogP contribution in [-0.2, 0) is 18.9 Å². The molecule has 2 rings (SSSR count). The standard InChI is InChI=1S/C14H26O4/c1-8(2)15-7-14-11(6)17-12(10(5)18-14)13(14)16-9(3)4/h8-13H,7H2,1-6H3/t10-,11-,12?,13+,14-/m0/s1. The summed E-state index contributed by atoms with van der Waals surface area (Å²) in [5, 5.41) is 0. The molecule has 2 bridgehead atoms. The smallest absolute Gasteiger partial charge is 0.146 e. The zero-order valence-electron chi connectivity index (χ0n) is 12.3. The maximum Gasteiger partial charge on any atom is 0.146 e. The number of hydrogen-bond donors (Lipinski definition) is 0. The van der Waals surface area contributed by atoms with E-state index >= 15 is 0 Å². The highest BCUT2D eigenvalue weighted by Crippen LogP contribution is 2.46. The quantitative estimate of drug-likeness (QED) is 0.757. The summed E-state index contributed by atoms with van der Waals surface area (Å²) in [6, 6.07) is 0. The van der Waals surface area contributed by atoms with Gasteiger partial charge in [-0.2, -0.15) is 0 Å². The topological polar surface area (TPSA) is 36.9 Å². The van der Waals surface area contributed by atoms with Gasteiger partial charge in [-0.3, -0.25) is 0 Å². The van der Waals surface area contributed by atoms with Crippen molar-refractivity contribution in [3.05, 3.63) is 0 Å². The van der Waals surface area contributed by atoms with Gasteiger partial charge in [0, 0.05) is 0 Å². The van der Waals surface area contributed by atoms with E-state index < -0.39 is 5.60 Å². The summed E-state index contributed by atoms with van der Waals surface area (Å²) in [5.41, 5.74) is -0.446. The molecule has 1 unspecified atom stereocenters. The molecule has 18 heavy (non-hydrogen) atoms. The van der Waals surface area contributed by atoms with E-state index in [1.165, 1.54) is 0 Å². The van der Waals surface area contributed by atoms with E-state index in [1.54, 1.807) is 0 Å². The Morgan fingerprint density at radius 1 is 1.11 bits per heavy atom. The first-order valence-corrected chi connectivity index (χ1v) is 6.97. The molecule has 4 nitrogen and oxygen atoms in total. The molecule has 0 amide bonds. The van der Waals surface area contributed by atoms with Gasteiger partial charge < -0.3 is 18.9 Å². The second-order valence-corrected chi connectivity index (χ2v) is 5.99. The van der Waals surface area contributed by atoms with Gasteiger partial charge in [-0.25, -0.2) is 0 Å². The highest BCUT2D eigenvalue weighted by Gasteiger charge is 2.65. The van der Waals surface area contributed by atoms with E-state index in [1.807, 2.05) is 41.5 Å². The Morgan fingerprint density at radius 2 is 1.78 bits per heavy atom. The molecule has 0 aromatic carbocycles. The predicted molar refractivity (Wildman–Crippen MR) is 68.7 cm³/mol. The average Bonchev–Trinajstić information content (AvgIpc) is 2.64. The average molecular weight is 258 g/mol. The first-order chi connectivity index (χ1) is 8.36. The van der Waals surface area contributed by atoms with Crippen LogP contribution in [0.2, 0.25) is 0 Å². The molecule has 106 valence electrons. The van der Waals surface area contributed by atoms with Gasteiger partial charge in [0.25, 0.3) is 0 Å². The Labute approximate surface area is 110 Å². The molecule has 2 heterocycles. The normalized spacial score (nSPS) is 43.3. The fourth-order valence-electron chi connectivity index (χ4n) is 2.88. The van der Waals surface area contributed by atoms with Gasteiger partial charge in [-0.1, -0.05) is 0 Å². The Hall–Kier alpha value is -0.160. The Morgan fingerprint density at radius 3 is 2.33 bits per heavy atom. The second-order valence-electron chi connectivity index (χ2n) is 5.99. The fraction of sp³-hybridized carbons (Fsp3) is 1.00. The molecule has 0 radical (unpaired) electrons. The summed E-state index contributed by atoms with van der Waals surface area (Å²) >= 11 is 0. The molecule has 0 saturated carbocycles. The van der Waals surface area contributed by atoms with Gasteiger partial charge in [-0.15, -0.1) is 0 Å². The lowest BCUT2D eigenvalue weighted by atomic mass is 9.93. The van der Waals surface area contributed by atoms with E-state index in [-0.39, 0.29) is 36.6 Å². The van der Waals surface area contributed by atoms with Gasteiger partial charge in [0.05, 0.1) is 31.0 Å². The third-order valence-corrected chi connectivity index (χ3v) is 3.76. The summed E-state index contributed by atoms with van der Waals surface area (Å²) in [6.07, 6.45) is 0.435. The lowest BCUT2D eigenvalue weighted by Crippen LogP contribution is -2.52. The van der Waals surface area contributed by atoms with Crippen molar-refractivity contribution in [3.63, 3.8) is 0 Å². The highest BCUT2D eigenvalue weighted by molar-refractivity contribution is 5.12. The Balaban J connectivity index is 2.16. The molecular formula is C14H26O4. The summed E-state index contributed by atoms with van der Waals surface area (Å²) in [5.74, 6) is 0. The molecule has 0 aromatic heterocycles. The monoisotopic (exact) mass is 258 g/mol. The lowest BCUT2D eigenvalue weighted by Gasteiger charge is -2.36. The van der Waals surface area contributed by atoms with Crippen LogP contribution in [0.1, 0.15) is 41.5 Å². The number of hydrogen-bond acceptors (Lipinski definition) is 4. The van der Waals surface area contributed by atoms with Crippen molar-refractivity contribution < 1.29 is 18.9 Å². The van der Waals surface area contributed by atoms with Crippen LogP contribution >= 0.6 is 0 Å². The van der Waals surface area contributed by atoms with E-state index in [2.05, 4.69) is 0 Å². The van der Waals surface area contributed by atoms with Gasteiger partial charge in [-0.05, 0) is 41.5 Å². The van der Waals surface area contributed by atoms with Crippen molar-refractivity contribution in [2.75, 3.05) is 6.61 Å². The molecule has 0 aliphatic carbocycles. The van der Waals surface area contributed by atoms with E-state index in [0.29, 0.717) is 6.61 Å². The van der Waals surface area contributed by atoms with Crippen molar-refractivity contribution in [1.82, 2.24) is 0 Å². The van der Waals surface area contributed by atoms with Gasteiger partial charge >= 0.3 is 0 Å². The summed E-state index contributed by atoms with van der Waals surface area (Å²) in [6.45, 7) is 12.8. The van der Waals surface area contributed by atoms with Crippen molar-refractivity contribution in [1.29, 1.82) is 0 Å². The van der Waals surface area contributed by atoms with E-state index in [9.17, 15) is 0 Å². The number of rotatable bonds is 5. The summed E-state index contributed by atoms with van der Waals surface area (Å²) in [7, 11) is 0. The Bertz CT molecular complexity index is 292. The minimum absolute atomic E-state index is 0.0150. The molecule has 0 spiro atoms. The molecule has 2 aliphatic heterocycles. The minimum Gasteiger partial charge on any atom is -0.376 e. The zero-order valence-corrected chi connectivity index (χ0v) is 12.3. The third-order valence-electron chi connectivity index (χ3n) is 3.76. The van der Waals surface area contributed by atoms with Crippen LogP contribution in [0.5, 0.6) is 0 Å². The SMILES string of the molecule is CC(C)OC[C@]12O[C@@H](C)C(O[C@H]1C)[C@H]2OC(C)C. The maximum absolute atomic E-state index is 6.15. The van der Waals surface area contributed by atoms with Crippen LogP contribution < -0.4 is 0 Å². The van der Waals surface area contributed by atoms with E-state index in [4.69, 9.17) is 18.9 Å². The van der Waals surface area contributed by atoms with Crippen LogP contribution in [0.4, 0.5) is 0 Å². The number of ether oxygens (including phenoxy) is 4. The first kappa shape index (κ1) is 14.3. The number of fused-ring (bicyclic) bond motifs is 2. The van der Waals surface area contributed by atoms with Crippen molar-refractivity contribution >= 4 is 0 Å². The van der Waals surface area contributed by atoms with Crippen LogP contribution in [-0.4, -0.2) is 48.8 Å². The van der Waals surface area contributed by atoms with Gasteiger partial charge in [0.15, 0.2) is 0 Å². The molecule has 4 heteroatoms. The van der Waals surface area contributed by atoms with Crippen LogP contribution in [0, 0.1) is 0 Å². The van der Waals surface area contributed by atoms with Gasteiger partial charge in [0.1, 0.15) is 17.8 Å². The summed E-state index contributed by atoms with van der Waals surface area (Å²) in [4.78, 5) is 0. The van der Waals surface area contributed by atoms with Crippen molar-refractivity contribution in [2.45, 2.75) is 83.8 Å². The fourth-order valence-corrected chi connectivity index (χ4v) is 2.88. The highest BCUT2D eigenvalue weighted by atomic mass is 16.7. The van der Waals surface area contributed by atoms with Crippen LogP contribution in [0.15, 0.2) is 0 Å². The first-order valence-electron chi connectivity index (χ1n) is 6.97. The Kier molecular flexibility index (Phi) is 4.02.